The van der Waals surface area contributed by atoms with Gasteiger partial charge in [-0.25, -0.2) is 4.98 Å². The summed E-state index contributed by atoms with van der Waals surface area (Å²) in [6.07, 6.45) is 3.19. The van der Waals surface area contributed by atoms with E-state index in [1.807, 2.05) is 19.2 Å². The summed E-state index contributed by atoms with van der Waals surface area (Å²) in [7, 11) is 0. The van der Waals surface area contributed by atoms with Crippen molar-refractivity contribution in [3.63, 3.8) is 0 Å². The molecule has 1 aliphatic heterocycles. The molecule has 2 heterocycles. The van der Waals surface area contributed by atoms with Crippen molar-refractivity contribution >= 4 is 5.82 Å². The first-order valence-corrected chi connectivity index (χ1v) is 6.97. The van der Waals surface area contributed by atoms with Gasteiger partial charge in [-0.15, -0.1) is 0 Å². The fraction of sp³-hybridized carbons (Fsp3) is 0.667. The zero-order valence-corrected chi connectivity index (χ0v) is 11.9. The van der Waals surface area contributed by atoms with Crippen LogP contribution in [0.5, 0.6) is 0 Å². The van der Waals surface area contributed by atoms with Gasteiger partial charge in [-0.2, -0.15) is 0 Å². The summed E-state index contributed by atoms with van der Waals surface area (Å²) in [6, 6.07) is 4.78. The van der Waals surface area contributed by atoms with Crippen LogP contribution in [0.2, 0.25) is 0 Å². The molecule has 0 spiro atoms. The summed E-state index contributed by atoms with van der Waals surface area (Å²) in [4.78, 5) is 6.97. The van der Waals surface area contributed by atoms with Gasteiger partial charge < -0.3 is 10.6 Å². The average Bonchev–Trinajstić information content (AvgIpc) is 2.34. The maximum atomic E-state index is 5.96. The minimum atomic E-state index is 0.0710. The van der Waals surface area contributed by atoms with Gasteiger partial charge in [0.1, 0.15) is 5.82 Å². The molecule has 100 valence electrons. The van der Waals surface area contributed by atoms with E-state index in [0.29, 0.717) is 6.04 Å². The summed E-state index contributed by atoms with van der Waals surface area (Å²) in [6.45, 7) is 10.1. The van der Waals surface area contributed by atoms with E-state index >= 15 is 0 Å². The summed E-state index contributed by atoms with van der Waals surface area (Å²) in [5.41, 5.74) is 7.12. The van der Waals surface area contributed by atoms with Crippen LogP contribution in [0.25, 0.3) is 0 Å². The molecule has 0 bridgehead atoms. The van der Waals surface area contributed by atoms with E-state index in [4.69, 9.17) is 5.73 Å². The van der Waals surface area contributed by atoms with E-state index in [9.17, 15) is 0 Å². The Bertz CT molecular complexity index is 402. The lowest BCUT2D eigenvalue weighted by atomic mass is 9.86. The highest BCUT2D eigenvalue weighted by Crippen LogP contribution is 2.30. The SMILES string of the molecule is CC1CC(C)C(C)N(c2cc([C@@H](C)N)ccn2)C1. The van der Waals surface area contributed by atoms with Crippen LogP contribution >= 0.6 is 0 Å². The van der Waals surface area contributed by atoms with Crippen molar-refractivity contribution in [2.75, 3.05) is 11.4 Å². The molecule has 1 aliphatic rings. The summed E-state index contributed by atoms with van der Waals surface area (Å²) < 4.78 is 0. The van der Waals surface area contributed by atoms with Crippen LogP contribution in [0.1, 0.15) is 45.7 Å². The standard InChI is InChI=1S/C15H25N3/c1-10-7-11(2)13(4)18(9-10)15-8-14(12(3)16)5-6-17-15/h5-6,8,10-13H,7,9,16H2,1-4H3/t10?,11?,12-,13?/m1/s1. The number of aromatic nitrogens is 1. The maximum Gasteiger partial charge on any atom is 0.129 e. The van der Waals surface area contributed by atoms with E-state index in [1.165, 1.54) is 6.42 Å². The third-order valence-corrected chi connectivity index (χ3v) is 4.19. The van der Waals surface area contributed by atoms with E-state index in [0.717, 1.165) is 29.8 Å². The molecule has 3 nitrogen and oxygen atoms in total. The Labute approximate surface area is 110 Å². The quantitative estimate of drug-likeness (QED) is 0.873. The molecular formula is C15H25N3. The fourth-order valence-corrected chi connectivity index (χ4v) is 2.89. The Morgan fingerprint density at radius 1 is 1.39 bits per heavy atom. The second-order valence-electron chi connectivity index (χ2n) is 5.95. The zero-order valence-electron chi connectivity index (χ0n) is 11.9. The minimum absolute atomic E-state index is 0.0710. The number of nitrogens with two attached hydrogens (primary N) is 1. The number of pyridine rings is 1. The second-order valence-corrected chi connectivity index (χ2v) is 5.95. The molecule has 0 amide bonds. The van der Waals surface area contributed by atoms with E-state index in [2.05, 4.69) is 36.7 Å². The van der Waals surface area contributed by atoms with E-state index in [1.54, 1.807) is 0 Å². The van der Waals surface area contributed by atoms with Gasteiger partial charge in [0.25, 0.3) is 0 Å². The highest BCUT2D eigenvalue weighted by atomic mass is 15.2. The third kappa shape index (κ3) is 2.66. The number of nitrogens with zero attached hydrogens (tertiary/aromatic N) is 2. The van der Waals surface area contributed by atoms with Gasteiger partial charge in [0.15, 0.2) is 0 Å². The molecular weight excluding hydrogens is 222 g/mol. The predicted molar refractivity (Wildman–Crippen MR) is 76.6 cm³/mol. The first-order valence-electron chi connectivity index (χ1n) is 6.97. The van der Waals surface area contributed by atoms with Gasteiger partial charge >= 0.3 is 0 Å². The minimum Gasteiger partial charge on any atom is -0.353 e. The molecule has 3 heteroatoms. The molecule has 1 saturated heterocycles. The highest BCUT2D eigenvalue weighted by Gasteiger charge is 2.29. The summed E-state index contributed by atoms with van der Waals surface area (Å²) in [5, 5.41) is 0. The lowest BCUT2D eigenvalue weighted by Crippen LogP contribution is -2.46. The Balaban J connectivity index is 2.26. The monoisotopic (exact) mass is 247 g/mol. The van der Waals surface area contributed by atoms with Gasteiger partial charge in [0, 0.05) is 24.8 Å². The Kier molecular flexibility index (Phi) is 3.91. The molecule has 2 rings (SSSR count). The molecule has 0 radical (unpaired) electrons. The van der Waals surface area contributed by atoms with Gasteiger partial charge in [0.05, 0.1) is 0 Å². The molecule has 0 aromatic carbocycles. The van der Waals surface area contributed by atoms with Crippen molar-refractivity contribution in [2.24, 2.45) is 17.6 Å². The molecule has 1 aromatic heterocycles. The number of rotatable bonds is 2. The molecule has 0 aliphatic carbocycles. The van der Waals surface area contributed by atoms with Gasteiger partial charge in [0.2, 0.25) is 0 Å². The lowest BCUT2D eigenvalue weighted by Gasteiger charge is -2.42. The van der Waals surface area contributed by atoms with Crippen molar-refractivity contribution in [2.45, 2.75) is 46.2 Å². The lowest BCUT2D eigenvalue weighted by molar-refractivity contribution is 0.295. The van der Waals surface area contributed by atoms with Crippen LogP contribution in [0.4, 0.5) is 5.82 Å². The molecule has 4 atom stereocenters. The highest BCUT2D eigenvalue weighted by molar-refractivity contribution is 5.43. The number of anilines is 1. The number of piperidine rings is 1. The van der Waals surface area contributed by atoms with Crippen LogP contribution in [-0.2, 0) is 0 Å². The van der Waals surface area contributed by atoms with Crippen LogP contribution in [0, 0.1) is 11.8 Å². The predicted octanol–water partition coefficient (Wildman–Crippen LogP) is 2.97. The average molecular weight is 247 g/mol. The van der Waals surface area contributed by atoms with Crippen molar-refractivity contribution in [3.8, 4) is 0 Å². The van der Waals surface area contributed by atoms with Crippen LogP contribution in [-0.4, -0.2) is 17.6 Å². The first kappa shape index (κ1) is 13.3. The zero-order chi connectivity index (χ0) is 13.3. The Hall–Kier alpha value is -1.09. The second kappa shape index (κ2) is 5.27. The molecule has 3 unspecified atom stereocenters. The molecule has 0 saturated carbocycles. The Morgan fingerprint density at radius 2 is 2.11 bits per heavy atom. The molecule has 18 heavy (non-hydrogen) atoms. The Morgan fingerprint density at radius 3 is 2.78 bits per heavy atom. The first-order chi connectivity index (χ1) is 8.49. The smallest absolute Gasteiger partial charge is 0.129 e. The number of hydrogen-bond donors (Lipinski definition) is 1. The van der Waals surface area contributed by atoms with Crippen LogP contribution in [0.15, 0.2) is 18.3 Å². The van der Waals surface area contributed by atoms with Gasteiger partial charge in [-0.05, 0) is 49.8 Å². The molecule has 2 N–H and O–H groups in total. The number of hydrogen-bond acceptors (Lipinski definition) is 3. The summed E-state index contributed by atoms with van der Waals surface area (Å²) >= 11 is 0. The molecule has 1 aromatic rings. The fourth-order valence-electron chi connectivity index (χ4n) is 2.89. The van der Waals surface area contributed by atoms with Crippen molar-refractivity contribution < 1.29 is 0 Å². The van der Waals surface area contributed by atoms with Crippen LogP contribution < -0.4 is 10.6 Å². The van der Waals surface area contributed by atoms with E-state index < -0.39 is 0 Å². The van der Waals surface area contributed by atoms with E-state index in [-0.39, 0.29) is 6.04 Å². The van der Waals surface area contributed by atoms with Gasteiger partial charge in [-0.3, -0.25) is 0 Å². The largest absolute Gasteiger partial charge is 0.353 e. The topological polar surface area (TPSA) is 42.1 Å². The molecule has 1 fully saturated rings. The summed E-state index contributed by atoms with van der Waals surface area (Å²) in [5.74, 6) is 2.53. The van der Waals surface area contributed by atoms with Crippen LogP contribution in [0.3, 0.4) is 0 Å². The van der Waals surface area contributed by atoms with Crippen molar-refractivity contribution in [1.29, 1.82) is 0 Å². The normalized spacial score (nSPS) is 30.3. The van der Waals surface area contributed by atoms with Gasteiger partial charge in [-0.1, -0.05) is 13.8 Å². The van der Waals surface area contributed by atoms with Crippen molar-refractivity contribution in [1.82, 2.24) is 4.98 Å². The maximum absolute atomic E-state index is 5.96. The third-order valence-electron chi connectivity index (χ3n) is 4.19. The van der Waals surface area contributed by atoms with Crippen molar-refractivity contribution in [3.05, 3.63) is 23.9 Å².